The van der Waals surface area contributed by atoms with Crippen LogP contribution in [-0.2, 0) is 10.0 Å². The molecule has 1 N–H and O–H groups in total. The minimum atomic E-state index is -3.41. The Bertz CT molecular complexity index is 464. The van der Waals surface area contributed by atoms with Crippen molar-refractivity contribution >= 4 is 27.3 Å². The van der Waals surface area contributed by atoms with Gasteiger partial charge < -0.3 is 0 Å². The van der Waals surface area contributed by atoms with E-state index in [2.05, 4.69) is 9.71 Å². The van der Waals surface area contributed by atoms with E-state index in [9.17, 15) is 8.42 Å². The van der Waals surface area contributed by atoms with Crippen LogP contribution in [-0.4, -0.2) is 25.0 Å². The largest absolute Gasteiger partial charge is 0.282 e. The van der Waals surface area contributed by atoms with Gasteiger partial charge in [0.05, 0.1) is 17.6 Å². The number of anilines is 1. The van der Waals surface area contributed by atoms with Gasteiger partial charge >= 0.3 is 0 Å². The Morgan fingerprint density at radius 1 is 1.53 bits per heavy atom. The summed E-state index contributed by atoms with van der Waals surface area (Å²) in [5.41, 5.74) is 0.550. The van der Waals surface area contributed by atoms with Gasteiger partial charge in [0.1, 0.15) is 11.8 Å². The maximum Gasteiger partial charge on any atom is 0.233 e. The van der Waals surface area contributed by atoms with Gasteiger partial charge in [-0.3, -0.25) is 4.72 Å². The van der Waals surface area contributed by atoms with Crippen molar-refractivity contribution in [3.05, 3.63) is 24.0 Å². The Labute approximate surface area is 92.8 Å². The molecule has 0 atom stereocenters. The predicted molar refractivity (Wildman–Crippen MR) is 57.1 cm³/mol. The monoisotopic (exact) mass is 245 g/mol. The number of sulfonamides is 1. The molecule has 1 aromatic rings. The van der Waals surface area contributed by atoms with Gasteiger partial charge in [-0.05, 0) is 12.1 Å². The van der Waals surface area contributed by atoms with Crippen LogP contribution in [0.1, 0.15) is 5.69 Å². The van der Waals surface area contributed by atoms with Crippen molar-refractivity contribution in [2.45, 2.75) is 0 Å². The molecule has 1 heterocycles. The molecule has 15 heavy (non-hydrogen) atoms. The molecule has 0 saturated carbocycles. The number of halogens is 1. The Balaban J connectivity index is 2.78. The first kappa shape index (κ1) is 11.8. The lowest BCUT2D eigenvalue weighted by atomic mass is 10.3. The topological polar surface area (TPSA) is 82.9 Å². The fourth-order valence-corrected chi connectivity index (χ4v) is 2.25. The van der Waals surface area contributed by atoms with E-state index in [1.54, 1.807) is 0 Å². The maximum absolute atomic E-state index is 11.3. The number of pyridine rings is 1. The highest BCUT2D eigenvalue weighted by atomic mass is 35.5. The second-order valence-corrected chi connectivity index (χ2v) is 4.87. The highest BCUT2D eigenvalue weighted by molar-refractivity contribution is 7.92. The van der Waals surface area contributed by atoms with E-state index >= 15 is 0 Å². The Morgan fingerprint density at radius 2 is 2.27 bits per heavy atom. The first-order valence-electron chi connectivity index (χ1n) is 4.00. The molecule has 0 unspecified atom stereocenters. The molecule has 0 fully saturated rings. The van der Waals surface area contributed by atoms with E-state index in [-0.39, 0.29) is 17.3 Å². The number of rotatable bonds is 4. The fraction of sp³-hybridized carbons (Fsp3) is 0.250. The van der Waals surface area contributed by atoms with Crippen LogP contribution in [0, 0.1) is 11.3 Å². The van der Waals surface area contributed by atoms with Crippen molar-refractivity contribution in [1.29, 1.82) is 5.26 Å². The van der Waals surface area contributed by atoms with Crippen molar-refractivity contribution in [3.63, 3.8) is 0 Å². The number of aromatic nitrogens is 1. The second kappa shape index (κ2) is 4.96. The quantitative estimate of drug-likeness (QED) is 0.800. The summed E-state index contributed by atoms with van der Waals surface area (Å²) >= 11 is 5.32. The highest BCUT2D eigenvalue weighted by Gasteiger charge is 2.09. The van der Waals surface area contributed by atoms with Crippen molar-refractivity contribution in [2.24, 2.45) is 0 Å². The van der Waals surface area contributed by atoms with Crippen LogP contribution in [0.25, 0.3) is 0 Å². The molecule has 0 radical (unpaired) electrons. The summed E-state index contributed by atoms with van der Waals surface area (Å²) in [6.45, 7) is 0. The fourth-order valence-electron chi connectivity index (χ4n) is 0.853. The van der Waals surface area contributed by atoms with Crippen LogP contribution in [0.4, 0.5) is 5.69 Å². The number of nitriles is 1. The molecule has 0 saturated heterocycles. The van der Waals surface area contributed by atoms with Crippen LogP contribution in [0.15, 0.2) is 18.3 Å². The molecule has 0 aliphatic rings. The number of nitrogens with one attached hydrogen (secondary N) is 1. The second-order valence-electron chi connectivity index (χ2n) is 2.65. The first-order chi connectivity index (χ1) is 7.07. The predicted octanol–water partition coefficient (Wildman–Crippen LogP) is 0.934. The lowest BCUT2D eigenvalue weighted by molar-refractivity contribution is 0.602. The van der Waals surface area contributed by atoms with Gasteiger partial charge in [0.2, 0.25) is 10.0 Å². The van der Waals surface area contributed by atoms with E-state index in [4.69, 9.17) is 16.9 Å². The van der Waals surface area contributed by atoms with Gasteiger partial charge in [0, 0.05) is 5.88 Å². The van der Waals surface area contributed by atoms with E-state index in [0.29, 0.717) is 5.69 Å². The third-order valence-electron chi connectivity index (χ3n) is 1.50. The number of alkyl halides is 1. The van der Waals surface area contributed by atoms with Crippen LogP contribution in [0.5, 0.6) is 0 Å². The van der Waals surface area contributed by atoms with Crippen LogP contribution in [0.3, 0.4) is 0 Å². The number of hydrogen-bond acceptors (Lipinski definition) is 4. The molecule has 1 aromatic heterocycles. The van der Waals surface area contributed by atoms with Gasteiger partial charge in [-0.25, -0.2) is 13.4 Å². The van der Waals surface area contributed by atoms with Crippen LogP contribution in [0.2, 0.25) is 0 Å². The molecule has 0 aliphatic carbocycles. The number of hydrogen-bond donors (Lipinski definition) is 1. The Hall–Kier alpha value is -1.32. The standard InChI is InChI=1S/C8H8ClN3O2S/c9-3-4-15(13,14)12-8-2-1-7(5-10)11-6-8/h1-2,6,12H,3-4H2. The van der Waals surface area contributed by atoms with Gasteiger partial charge in [0.25, 0.3) is 0 Å². The lowest BCUT2D eigenvalue weighted by Gasteiger charge is -2.05. The summed E-state index contributed by atoms with van der Waals surface area (Å²) in [5.74, 6) is -0.131. The zero-order chi connectivity index (χ0) is 11.3. The summed E-state index contributed by atoms with van der Waals surface area (Å²) in [6.07, 6.45) is 1.28. The minimum Gasteiger partial charge on any atom is -0.282 e. The molecule has 0 aliphatic heterocycles. The molecule has 7 heteroatoms. The zero-order valence-electron chi connectivity index (χ0n) is 7.64. The molecule has 0 spiro atoms. The smallest absolute Gasteiger partial charge is 0.233 e. The minimum absolute atomic E-state index is 0.0268. The average molecular weight is 246 g/mol. The van der Waals surface area contributed by atoms with E-state index in [1.165, 1.54) is 18.3 Å². The van der Waals surface area contributed by atoms with E-state index in [1.807, 2.05) is 6.07 Å². The third kappa shape index (κ3) is 3.73. The molecular formula is C8H8ClN3O2S. The van der Waals surface area contributed by atoms with Crippen molar-refractivity contribution < 1.29 is 8.42 Å². The van der Waals surface area contributed by atoms with Crippen LogP contribution < -0.4 is 4.72 Å². The SMILES string of the molecule is N#Cc1ccc(NS(=O)(=O)CCCl)cn1. The normalized spacial score (nSPS) is 10.7. The molecule has 0 amide bonds. The molecule has 1 rings (SSSR count). The lowest BCUT2D eigenvalue weighted by Crippen LogP contribution is -2.17. The first-order valence-corrected chi connectivity index (χ1v) is 6.18. The van der Waals surface area contributed by atoms with Gasteiger partial charge in [-0.1, -0.05) is 0 Å². The van der Waals surface area contributed by atoms with Gasteiger partial charge in [-0.15, -0.1) is 11.6 Å². The van der Waals surface area contributed by atoms with Crippen molar-refractivity contribution in [1.82, 2.24) is 4.98 Å². The molecule has 80 valence electrons. The maximum atomic E-state index is 11.3. The van der Waals surface area contributed by atoms with Gasteiger partial charge in [0.15, 0.2) is 0 Å². The zero-order valence-corrected chi connectivity index (χ0v) is 9.22. The summed E-state index contributed by atoms with van der Waals surface area (Å²) in [4.78, 5) is 3.72. The third-order valence-corrected chi connectivity index (χ3v) is 3.20. The van der Waals surface area contributed by atoms with Crippen LogP contribution >= 0.6 is 11.6 Å². The average Bonchev–Trinajstić information content (AvgIpc) is 2.18. The summed E-state index contributed by atoms with van der Waals surface area (Å²) in [7, 11) is -3.41. The Kier molecular flexibility index (Phi) is 3.88. The molecule has 0 bridgehead atoms. The van der Waals surface area contributed by atoms with Crippen molar-refractivity contribution in [2.75, 3.05) is 16.4 Å². The number of nitrogens with zero attached hydrogens (tertiary/aromatic N) is 2. The summed E-state index contributed by atoms with van der Waals surface area (Å²) < 4.78 is 24.8. The summed E-state index contributed by atoms with van der Waals surface area (Å²) in [6, 6.07) is 4.73. The highest BCUT2D eigenvalue weighted by Crippen LogP contribution is 2.08. The van der Waals surface area contributed by atoms with Crippen molar-refractivity contribution in [3.8, 4) is 6.07 Å². The van der Waals surface area contributed by atoms with E-state index in [0.717, 1.165) is 0 Å². The molecular weight excluding hydrogens is 238 g/mol. The summed E-state index contributed by atoms with van der Waals surface area (Å²) in [5, 5.41) is 8.48. The van der Waals surface area contributed by atoms with Gasteiger partial charge in [-0.2, -0.15) is 5.26 Å². The van der Waals surface area contributed by atoms with E-state index < -0.39 is 10.0 Å². The Morgan fingerprint density at radius 3 is 2.73 bits per heavy atom. The molecule has 0 aromatic carbocycles. The molecule has 5 nitrogen and oxygen atoms in total.